The quantitative estimate of drug-likeness (QED) is 0.673. The van der Waals surface area contributed by atoms with Crippen molar-refractivity contribution in [1.29, 1.82) is 0 Å². The Morgan fingerprint density at radius 1 is 1.14 bits per heavy atom. The zero-order valence-corrected chi connectivity index (χ0v) is 17.0. The highest BCUT2D eigenvalue weighted by molar-refractivity contribution is 7.99. The van der Waals surface area contributed by atoms with Crippen molar-refractivity contribution >= 4 is 34.9 Å². The zero-order chi connectivity index (χ0) is 20.2. The van der Waals surface area contributed by atoms with Gasteiger partial charge in [-0.15, -0.1) is 23.1 Å². The van der Waals surface area contributed by atoms with E-state index >= 15 is 0 Å². The van der Waals surface area contributed by atoms with Crippen LogP contribution in [-0.4, -0.2) is 39.4 Å². The van der Waals surface area contributed by atoms with E-state index in [1.807, 2.05) is 35.7 Å². The molecule has 1 aliphatic heterocycles. The summed E-state index contributed by atoms with van der Waals surface area (Å²) < 4.78 is 13.1. The number of carbonyl (C=O) groups is 2. The van der Waals surface area contributed by atoms with Gasteiger partial charge in [0.2, 0.25) is 5.91 Å². The van der Waals surface area contributed by atoms with Crippen molar-refractivity contribution in [3.63, 3.8) is 0 Å². The van der Waals surface area contributed by atoms with Crippen molar-refractivity contribution in [2.24, 2.45) is 0 Å². The second kappa shape index (κ2) is 8.75. The number of nitrogens with one attached hydrogen (secondary N) is 1. The predicted molar refractivity (Wildman–Crippen MR) is 113 cm³/mol. The average Bonchev–Trinajstić information content (AvgIpc) is 3.43. The molecule has 1 aromatic heterocycles. The fourth-order valence-corrected chi connectivity index (χ4v) is 4.99. The van der Waals surface area contributed by atoms with Crippen LogP contribution in [0.4, 0.5) is 4.39 Å². The smallest absolute Gasteiger partial charge is 0.255 e. The Hall–Kier alpha value is -2.71. The molecule has 0 aliphatic carbocycles. The third-order valence-electron chi connectivity index (χ3n) is 4.55. The maximum atomic E-state index is 13.1. The van der Waals surface area contributed by atoms with E-state index in [1.165, 1.54) is 52.3 Å². The van der Waals surface area contributed by atoms with Crippen LogP contribution in [0.5, 0.6) is 0 Å². The van der Waals surface area contributed by atoms with Gasteiger partial charge < -0.3 is 10.2 Å². The van der Waals surface area contributed by atoms with Gasteiger partial charge in [0.1, 0.15) is 16.9 Å². The first-order valence-corrected chi connectivity index (χ1v) is 11.1. The summed E-state index contributed by atoms with van der Waals surface area (Å²) in [6.07, 6.45) is 0. The molecule has 0 spiro atoms. The van der Waals surface area contributed by atoms with Gasteiger partial charge >= 0.3 is 0 Å². The molecule has 0 saturated carbocycles. The normalized spacial score (nSPS) is 16.0. The van der Waals surface area contributed by atoms with E-state index in [2.05, 4.69) is 10.3 Å². The number of benzene rings is 2. The number of nitrogens with zero attached hydrogens (tertiary/aromatic N) is 2. The first kappa shape index (κ1) is 19.6. The molecule has 5 nitrogen and oxygen atoms in total. The standard InChI is InChI=1S/C21H18FN3O2S2/c22-16-8-6-15(7-9-16)21(27)25-13-28-12-18(25)19(26)23-10-17-11-29-20(24-17)14-4-2-1-3-5-14/h1-9,11,18H,10,12-13H2,(H,23,26). The molecule has 8 heteroatoms. The number of hydrogen-bond acceptors (Lipinski definition) is 5. The first-order chi connectivity index (χ1) is 14.1. The topological polar surface area (TPSA) is 62.3 Å². The van der Waals surface area contributed by atoms with Crippen molar-refractivity contribution < 1.29 is 14.0 Å². The molecule has 1 fully saturated rings. The van der Waals surface area contributed by atoms with Crippen LogP contribution in [0.3, 0.4) is 0 Å². The van der Waals surface area contributed by atoms with Crippen LogP contribution in [-0.2, 0) is 11.3 Å². The summed E-state index contributed by atoms with van der Waals surface area (Å²) >= 11 is 3.05. The summed E-state index contributed by atoms with van der Waals surface area (Å²) in [5, 5.41) is 5.72. The van der Waals surface area contributed by atoms with Gasteiger partial charge in [0, 0.05) is 22.3 Å². The van der Waals surface area contributed by atoms with Gasteiger partial charge in [-0.25, -0.2) is 9.37 Å². The Bertz CT molecular complexity index is 1010. The van der Waals surface area contributed by atoms with Gasteiger partial charge in [0.05, 0.1) is 18.1 Å². The number of thiazole rings is 1. The van der Waals surface area contributed by atoms with E-state index in [1.54, 1.807) is 0 Å². The molecule has 2 amide bonds. The number of hydrogen-bond donors (Lipinski definition) is 1. The second-order valence-corrected chi connectivity index (χ2v) is 8.38. The fraction of sp³-hybridized carbons (Fsp3) is 0.190. The minimum absolute atomic E-state index is 0.209. The molecule has 0 radical (unpaired) electrons. The van der Waals surface area contributed by atoms with Crippen molar-refractivity contribution in [2.45, 2.75) is 12.6 Å². The second-order valence-electron chi connectivity index (χ2n) is 6.53. The summed E-state index contributed by atoms with van der Waals surface area (Å²) in [6, 6.07) is 14.7. The third-order valence-corrected chi connectivity index (χ3v) is 6.51. The van der Waals surface area contributed by atoms with E-state index < -0.39 is 11.9 Å². The minimum Gasteiger partial charge on any atom is -0.349 e. The molecular weight excluding hydrogens is 409 g/mol. The Morgan fingerprint density at radius 3 is 2.66 bits per heavy atom. The fourth-order valence-electron chi connectivity index (χ4n) is 3.02. The van der Waals surface area contributed by atoms with Crippen molar-refractivity contribution in [2.75, 3.05) is 11.6 Å². The summed E-state index contributed by atoms with van der Waals surface area (Å²) in [7, 11) is 0. The van der Waals surface area contributed by atoms with E-state index in [0.29, 0.717) is 23.7 Å². The average molecular weight is 428 g/mol. The van der Waals surface area contributed by atoms with Crippen molar-refractivity contribution in [3.8, 4) is 10.6 Å². The van der Waals surface area contributed by atoms with Gasteiger partial charge in [-0.1, -0.05) is 30.3 Å². The van der Waals surface area contributed by atoms with Gasteiger partial charge in [-0.2, -0.15) is 0 Å². The lowest BCUT2D eigenvalue weighted by atomic mass is 10.1. The van der Waals surface area contributed by atoms with Gasteiger partial charge in [0.25, 0.3) is 5.91 Å². The molecular formula is C21H18FN3O2S2. The number of carbonyl (C=O) groups excluding carboxylic acids is 2. The lowest BCUT2D eigenvalue weighted by Crippen LogP contribution is -2.47. The first-order valence-electron chi connectivity index (χ1n) is 9.03. The van der Waals surface area contributed by atoms with Crippen LogP contribution >= 0.6 is 23.1 Å². The lowest BCUT2D eigenvalue weighted by molar-refractivity contribution is -0.124. The maximum absolute atomic E-state index is 13.1. The molecule has 1 N–H and O–H groups in total. The van der Waals surface area contributed by atoms with E-state index in [9.17, 15) is 14.0 Å². The molecule has 1 saturated heterocycles. The Kier molecular flexibility index (Phi) is 5.92. The molecule has 1 unspecified atom stereocenters. The third kappa shape index (κ3) is 4.49. The molecule has 3 aromatic rings. The van der Waals surface area contributed by atoms with E-state index in [0.717, 1.165) is 16.3 Å². The monoisotopic (exact) mass is 427 g/mol. The van der Waals surface area contributed by atoms with E-state index in [4.69, 9.17) is 0 Å². The minimum atomic E-state index is -0.551. The van der Waals surface area contributed by atoms with Gasteiger partial charge in [-0.3, -0.25) is 9.59 Å². The van der Waals surface area contributed by atoms with Gasteiger partial charge in [0.15, 0.2) is 0 Å². The van der Waals surface area contributed by atoms with Crippen LogP contribution in [0.2, 0.25) is 0 Å². The molecule has 29 heavy (non-hydrogen) atoms. The van der Waals surface area contributed by atoms with Crippen molar-refractivity contribution in [3.05, 3.63) is 77.1 Å². The highest BCUT2D eigenvalue weighted by Gasteiger charge is 2.35. The van der Waals surface area contributed by atoms with Crippen LogP contribution in [0.15, 0.2) is 60.0 Å². The van der Waals surface area contributed by atoms with Gasteiger partial charge in [-0.05, 0) is 24.3 Å². The highest BCUT2D eigenvalue weighted by atomic mass is 32.2. The molecule has 1 aliphatic rings. The van der Waals surface area contributed by atoms with Crippen LogP contribution in [0.25, 0.3) is 10.6 Å². The Balaban J connectivity index is 1.38. The van der Waals surface area contributed by atoms with Crippen LogP contribution < -0.4 is 5.32 Å². The summed E-state index contributed by atoms with van der Waals surface area (Å²) in [6.45, 7) is 0.307. The Morgan fingerprint density at radius 2 is 1.90 bits per heavy atom. The summed E-state index contributed by atoms with van der Waals surface area (Å²) in [5.74, 6) is 0.0912. The number of thioether (sulfide) groups is 1. The predicted octanol–water partition coefficient (Wildman–Crippen LogP) is 3.78. The van der Waals surface area contributed by atoms with E-state index in [-0.39, 0.29) is 11.8 Å². The Labute approximate surface area is 176 Å². The summed E-state index contributed by atoms with van der Waals surface area (Å²) in [5.41, 5.74) is 2.20. The molecule has 1 atom stereocenters. The van der Waals surface area contributed by atoms with Crippen LogP contribution in [0, 0.1) is 5.82 Å². The number of halogens is 1. The maximum Gasteiger partial charge on any atom is 0.255 e. The number of aromatic nitrogens is 1. The molecule has 2 heterocycles. The van der Waals surface area contributed by atoms with Crippen molar-refractivity contribution in [1.82, 2.24) is 15.2 Å². The molecule has 148 valence electrons. The largest absolute Gasteiger partial charge is 0.349 e. The van der Waals surface area contributed by atoms with Crippen LogP contribution in [0.1, 0.15) is 16.1 Å². The number of amides is 2. The summed E-state index contributed by atoms with van der Waals surface area (Å²) in [4.78, 5) is 31.5. The lowest BCUT2D eigenvalue weighted by Gasteiger charge is -2.23. The number of rotatable bonds is 5. The highest BCUT2D eigenvalue weighted by Crippen LogP contribution is 2.25. The SMILES string of the molecule is O=C(NCc1csc(-c2ccccc2)n1)C1CSCN1C(=O)c1ccc(F)cc1. The zero-order valence-electron chi connectivity index (χ0n) is 15.4. The molecule has 0 bridgehead atoms. The molecule has 4 rings (SSSR count). The molecule has 2 aromatic carbocycles.